The second-order valence-electron chi connectivity index (χ2n) is 21.3. The van der Waals surface area contributed by atoms with Gasteiger partial charge in [-0.25, -0.2) is 0 Å². The van der Waals surface area contributed by atoms with Gasteiger partial charge in [0.25, 0.3) is 0 Å². The van der Waals surface area contributed by atoms with Gasteiger partial charge < -0.3 is 14.2 Å². The molecular formula is C74H120O6. The maximum atomic E-state index is 12.9. The average Bonchev–Trinajstić information content (AvgIpc) is 3.46. The summed E-state index contributed by atoms with van der Waals surface area (Å²) < 4.78 is 16.9. The SMILES string of the molecule is CC/C=C\C/C=C\C/C=C\C/C=C\C/C=C\C/C=C\CCCCCCC(=O)OCC(COC(=O)CCCCCCC/C=C\CCCCCCCCC)OC(=O)CCCCCCCCC/C=C\C/C=C\C/C=C\C/C=C\C/C=C\CC. The van der Waals surface area contributed by atoms with E-state index >= 15 is 0 Å². The van der Waals surface area contributed by atoms with Crippen LogP contribution in [0, 0.1) is 0 Å². The van der Waals surface area contributed by atoms with Gasteiger partial charge in [0, 0.05) is 19.3 Å². The van der Waals surface area contributed by atoms with E-state index in [1.165, 1.54) is 77.0 Å². The zero-order valence-electron chi connectivity index (χ0n) is 51.8. The van der Waals surface area contributed by atoms with Crippen LogP contribution in [0.2, 0.25) is 0 Å². The van der Waals surface area contributed by atoms with E-state index in [1.54, 1.807) is 0 Å². The quantitative estimate of drug-likeness (QED) is 0.0261. The van der Waals surface area contributed by atoms with Gasteiger partial charge in [-0.3, -0.25) is 14.4 Å². The van der Waals surface area contributed by atoms with Crippen LogP contribution in [0.25, 0.3) is 0 Å². The third-order valence-electron chi connectivity index (χ3n) is 13.6. The highest BCUT2D eigenvalue weighted by Crippen LogP contribution is 2.15. The van der Waals surface area contributed by atoms with Gasteiger partial charge in [0.1, 0.15) is 13.2 Å². The van der Waals surface area contributed by atoms with Crippen molar-refractivity contribution in [3.05, 3.63) is 146 Å². The van der Waals surface area contributed by atoms with Gasteiger partial charge in [-0.2, -0.15) is 0 Å². The lowest BCUT2D eigenvalue weighted by molar-refractivity contribution is -0.167. The molecule has 0 aliphatic carbocycles. The zero-order chi connectivity index (χ0) is 57.8. The van der Waals surface area contributed by atoms with Gasteiger partial charge in [0.05, 0.1) is 0 Å². The Hall–Kier alpha value is -4.71. The Bertz CT molecular complexity index is 1750. The van der Waals surface area contributed by atoms with E-state index in [9.17, 15) is 14.4 Å². The highest BCUT2D eigenvalue weighted by atomic mass is 16.6. The molecule has 6 nitrogen and oxygen atoms in total. The Morgan fingerprint density at radius 3 is 0.775 bits per heavy atom. The lowest BCUT2D eigenvalue weighted by Gasteiger charge is -2.18. The van der Waals surface area contributed by atoms with Gasteiger partial charge in [-0.15, -0.1) is 0 Å². The molecule has 1 atom stereocenters. The molecule has 0 amide bonds. The molecule has 80 heavy (non-hydrogen) atoms. The molecule has 1 unspecified atom stereocenters. The van der Waals surface area contributed by atoms with Crippen LogP contribution in [-0.2, 0) is 28.6 Å². The minimum Gasteiger partial charge on any atom is -0.462 e. The van der Waals surface area contributed by atoms with Crippen LogP contribution in [0.1, 0.15) is 284 Å². The molecule has 0 heterocycles. The zero-order valence-corrected chi connectivity index (χ0v) is 51.8. The maximum absolute atomic E-state index is 12.9. The third kappa shape index (κ3) is 64.1. The summed E-state index contributed by atoms with van der Waals surface area (Å²) in [6.07, 6.45) is 95.6. The van der Waals surface area contributed by atoms with E-state index in [1.807, 2.05) is 0 Å². The molecule has 0 fully saturated rings. The lowest BCUT2D eigenvalue weighted by atomic mass is 10.1. The molecule has 0 rings (SSSR count). The number of hydrogen-bond acceptors (Lipinski definition) is 6. The van der Waals surface area contributed by atoms with Crippen molar-refractivity contribution in [2.45, 2.75) is 290 Å². The molecule has 0 aliphatic rings. The van der Waals surface area contributed by atoms with Gasteiger partial charge in [0.2, 0.25) is 0 Å². The first-order chi connectivity index (χ1) is 39.5. The highest BCUT2D eigenvalue weighted by molar-refractivity contribution is 5.71. The van der Waals surface area contributed by atoms with Crippen molar-refractivity contribution in [1.29, 1.82) is 0 Å². The molecular weight excluding hydrogens is 985 g/mol. The molecule has 6 heteroatoms. The molecule has 0 saturated heterocycles. The molecule has 0 radical (unpaired) electrons. The third-order valence-corrected chi connectivity index (χ3v) is 13.6. The molecule has 0 aliphatic heterocycles. The normalized spacial score (nSPS) is 13.1. The second kappa shape index (κ2) is 66.8. The van der Waals surface area contributed by atoms with Gasteiger partial charge in [-0.05, 0) is 141 Å². The number of esters is 3. The van der Waals surface area contributed by atoms with Crippen molar-refractivity contribution in [2.24, 2.45) is 0 Å². The first kappa shape index (κ1) is 75.3. The van der Waals surface area contributed by atoms with Crippen LogP contribution in [0.5, 0.6) is 0 Å². The largest absolute Gasteiger partial charge is 0.462 e. The van der Waals surface area contributed by atoms with Crippen LogP contribution in [0.15, 0.2) is 146 Å². The summed E-state index contributed by atoms with van der Waals surface area (Å²) in [5.41, 5.74) is 0. The number of unbranched alkanes of at least 4 members (excludes halogenated alkanes) is 23. The number of carbonyl (C=O) groups excluding carboxylic acids is 3. The topological polar surface area (TPSA) is 78.9 Å². The van der Waals surface area contributed by atoms with E-state index in [-0.39, 0.29) is 31.1 Å². The number of ether oxygens (including phenoxy) is 3. The van der Waals surface area contributed by atoms with Crippen molar-refractivity contribution in [3.63, 3.8) is 0 Å². The minimum absolute atomic E-state index is 0.0999. The van der Waals surface area contributed by atoms with Crippen LogP contribution in [0.3, 0.4) is 0 Å². The molecule has 0 aromatic carbocycles. The average molecular weight is 1110 g/mol. The van der Waals surface area contributed by atoms with Crippen LogP contribution < -0.4 is 0 Å². The van der Waals surface area contributed by atoms with Crippen LogP contribution in [-0.4, -0.2) is 37.2 Å². The fourth-order valence-electron chi connectivity index (χ4n) is 8.70. The maximum Gasteiger partial charge on any atom is 0.306 e. The Kier molecular flexibility index (Phi) is 62.9. The Morgan fingerprint density at radius 2 is 0.487 bits per heavy atom. The number of carbonyl (C=O) groups is 3. The lowest BCUT2D eigenvalue weighted by Crippen LogP contribution is -2.30. The van der Waals surface area contributed by atoms with Crippen molar-refractivity contribution in [3.8, 4) is 0 Å². The Labute approximate surface area is 493 Å². The molecule has 0 bridgehead atoms. The van der Waals surface area contributed by atoms with Crippen molar-refractivity contribution < 1.29 is 28.6 Å². The van der Waals surface area contributed by atoms with Crippen LogP contribution >= 0.6 is 0 Å². The van der Waals surface area contributed by atoms with E-state index in [2.05, 4.69) is 167 Å². The summed E-state index contributed by atoms with van der Waals surface area (Å²) in [4.78, 5) is 38.4. The second-order valence-corrected chi connectivity index (χ2v) is 21.3. The fraction of sp³-hybridized carbons (Fsp3) is 0.635. The number of hydrogen-bond donors (Lipinski definition) is 0. The van der Waals surface area contributed by atoms with Crippen molar-refractivity contribution in [2.75, 3.05) is 13.2 Å². The van der Waals surface area contributed by atoms with Gasteiger partial charge in [-0.1, -0.05) is 269 Å². The standard InChI is InChI=1S/C74H120O6/c1-4-7-10-13-16-19-22-25-28-31-33-35-37-39-41-43-46-49-52-55-58-61-64-67-73(76)79-70-71(69-78-72(75)66-63-60-57-54-51-48-45-30-27-24-21-18-15-12-9-6-3)80-74(77)68-65-62-59-56-53-50-47-44-42-40-38-36-34-32-29-26-23-20-17-14-11-8-5-2/h7-8,10-11,16-17,19-20,25-26,28-30,33-36,39-42,45-46,49,71H,4-6,9,12-15,18,21-24,27,31-32,37-38,43-44,47-48,50-70H2,1-3H3/b10-7-,11-8-,19-16-,20-17-,28-25-,29-26-,35-33-,36-34-,41-39-,42-40-,45-30-,49-46-. The van der Waals surface area contributed by atoms with Gasteiger partial charge in [0.15, 0.2) is 6.10 Å². The summed E-state index contributed by atoms with van der Waals surface area (Å²) in [6, 6.07) is 0. The van der Waals surface area contributed by atoms with E-state index in [0.29, 0.717) is 19.3 Å². The molecule has 0 spiro atoms. The van der Waals surface area contributed by atoms with Gasteiger partial charge >= 0.3 is 17.9 Å². The predicted molar refractivity (Wildman–Crippen MR) is 348 cm³/mol. The summed E-state index contributed by atoms with van der Waals surface area (Å²) >= 11 is 0. The fourth-order valence-corrected chi connectivity index (χ4v) is 8.70. The number of allylic oxidation sites excluding steroid dienone is 24. The summed E-state index contributed by atoms with van der Waals surface area (Å²) in [5, 5.41) is 0. The summed E-state index contributed by atoms with van der Waals surface area (Å²) in [5.74, 6) is -0.942. The minimum atomic E-state index is -0.807. The van der Waals surface area contributed by atoms with E-state index in [4.69, 9.17) is 14.2 Å². The van der Waals surface area contributed by atoms with Crippen LogP contribution in [0.4, 0.5) is 0 Å². The first-order valence-corrected chi connectivity index (χ1v) is 32.8. The number of rotatable bonds is 58. The smallest absolute Gasteiger partial charge is 0.306 e. The molecule has 0 aromatic rings. The molecule has 452 valence electrons. The highest BCUT2D eigenvalue weighted by Gasteiger charge is 2.19. The first-order valence-electron chi connectivity index (χ1n) is 32.8. The van der Waals surface area contributed by atoms with Crippen molar-refractivity contribution >= 4 is 17.9 Å². The summed E-state index contributed by atoms with van der Waals surface area (Å²) in [7, 11) is 0. The monoisotopic (exact) mass is 1100 g/mol. The summed E-state index contributed by atoms with van der Waals surface area (Å²) in [6.45, 7) is 6.38. The van der Waals surface area contributed by atoms with E-state index in [0.717, 1.165) is 167 Å². The molecule has 0 N–H and O–H groups in total. The Balaban J connectivity index is 4.49. The Morgan fingerprint density at radius 1 is 0.263 bits per heavy atom. The molecule has 0 aromatic heterocycles. The van der Waals surface area contributed by atoms with E-state index < -0.39 is 6.10 Å². The predicted octanol–water partition coefficient (Wildman–Crippen LogP) is 22.7. The van der Waals surface area contributed by atoms with Crippen molar-refractivity contribution in [1.82, 2.24) is 0 Å². The molecule has 0 saturated carbocycles.